The van der Waals surface area contributed by atoms with Crippen molar-refractivity contribution in [1.82, 2.24) is 15.3 Å². The molecule has 0 saturated carbocycles. The van der Waals surface area contributed by atoms with Gasteiger partial charge in [-0.1, -0.05) is 6.07 Å². The second-order valence-corrected chi connectivity index (χ2v) is 7.17. The number of methoxy groups -OCH3 is 1. The average molecular weight is 390 g/mol. The highest BCUT2D eigenvalue weighted by molar-refractivity contribution is 7.21. The van der Waals surface area contributed by atoms with Crippen molar-refractivity contribution in [3.63, 3.8) is 0 Å². The van der Waals surface area contributed by atoms with Gasteiger partial charge in [0.05, 0.1) is 18.5 Å². The number of anilines is 1. The summed E-state index contributed by atoms with van der Waals surface area (Å²) in [6.07, 6.45) is 3.42. The lowest BCUT2D eigenvalue weighted by Crippen LogP contribution is -2.22. The van der Waals surface area contributed by atoms with Crippen molar-refractivity contribution in [2.75, 3.05) is 12.8 Å². The predicted molar refractivity (Wildman–Crippen MR) is 111 cm³/mol. The Morgan fingerprint density at radius 3 is 2.71 bits per heavy atom. The molecule has 3 heterocycles. The zero-order valence-corrected chi connectivity index (χ0v) is 16.0. The summed E-state index contributed by atoms with van der Waals surface area (Å²) in [5.41, 5.74) is 9.39. The van der Waals surface area contributed by atoms with Gasteiger partial charge in [-0.05, 0) is 48.0 Å². The van der Waals surface area contributed by atoms with Gasteiger partial charge < -0.3 is 15.8 Å². The quantitative estimate of drug-likeness (QED) is 0.540. The van der Waals surface area contributed by atoms with E-state index in [0.717, 1.165) is 32.8 Å². The summed E-state index contributed by atoms with van der Waals surface area (Å²) < 4.78 is 5.19. The summed E-state index contributed by atoms with van der Waals surface area (Å²) in [6.45, 7) is 0.394. The van der Waals surface area contributed by atoms with Crippen LogP contribution in [0.2, 0.25) is 0 Å². The fourth-order valence-corrected chi connectivity index (χ4v) is 3.86. The molecule has 7 heteroatoms. The third kappa shape index (κ3) is 3.52. The number of benzene rings is 1. The molecule has 4 rings (SSSR count). The lowest BCUT2D eigenvalue weighted by atomic mass is 10.1. The fourth-order valence-electron chi connectivity index (χ4n) is 2.85. The molecule has 0 aliphatic carbocycles. The number of hydrogen-bond donors (Lipinski definition) is 2. The van der Waals surface area contributed by atoms with Crippen molar-refractivity contribution in [3.8, 4) is 17.0 Å². The molecule has 6 nitrogen and oxygen atoms in total. The van der Waals surface area contributed by atoms with Crippen LogP contribution >= 0.6 is 11.3 Å². The summed E-state index contributed by atoms with van der Waals surface area (Å²) in [5, 5.41) is 3.67. The Morgan fingerprint density at radius 1 is 1.18 bits per heavy atom. The third-order valence-electron chi connectivity index (χ3n) is 4.36. The summed E-state index contributed by atoms with van der Waals surface area (Å²) >= 11 is 1.30. The third-order valence-corrected chi connectivity index (χ3v) is 5.48. The number of nitrogens with two attached hydrogens (primary N) is 1. The van der Waals surface area contributed by atoms with Crippen LogP contribution in [0.1, 0.15) is 15.2 Å². The molecule has 0 unspecified atom stereocenters. The van der Waals surface area contributed by atoms with Crippen molar-refractivity contribution in [1.29, 1.82) is 0 Å². The number of carbonyl (C=O) groups excluding carboxylic acids is 1. The molecular weight excluding hydrogens is 372 g/mol. The van der Waals surface area contributed by atoms with Gasteiger partial charge in [-0.3, -0.25) is 9.78 Å². The van der Waals surface area contributed by atoms with E-state index in [-0.39, 0.29) is 5.91 Å². The Morgan fingerprint density at radius 2 is 2.00 bits per heavy atom. The zero-order valence-electron chi connectivity index (χ0n) is 15.2. The molecule has 3 aromatic heterocycles. The SMILES string of the molecule is COc1ccc(-c2ccc3c(N)c(C(=O)NCc4cccnc4)sc3n2)cc1. The molecule has 0 fully saturated rings. The summed E-state index contributed by atoms with van der Waals surface area (Å²) in [7, 11) is 1.63. The molecule has 0 radical (unpaired) electrons. The molecule has 1 aromatic carbocycles. The Hall–Kier alpha value is -3.45. The van der Waals surface area contributed by atoms with Gasteiger partial charge in [0.25, 0.3) is 5.91 Å². The highest BCUT2D eigenvalue weighted by atomic mass is 32.1. The van der Waals surface area contributed by atoms with E-state index in [1.54, 1.807) is 19.5 Å². The molecular formula is C21H18N4O2S. The molecule has 3 N–H and O–H groups in total. The van der Waals surface area contributed by atoms with E-state index in [0.29, 0.717) is 17.1 Å². The minimum Gasteiger partial charge on any atom is -0.497 e. The van der Waals surface area contributed by atoms with Gasteiger partial charge in [0, 0.05) is 29.9 Å². The number of fused-ring (bicyclic) bond motifs is 1. The maximum absolute atomic E-state index is 12.6. The Balaban J connectivity index is 1.59. The van der Waals surface area contributed by atoms with Crippen LogP contribution in [0.3, 0.4) is 0 Å². The molecule has 0 spiro atoms. The Kier molecular flexibility index (Phi) is 4.90. The first-order valence-electron chi connectivity index (χ1n) is 8.66. The lowest BCUT2D eigenvalue weighted by Gasteiger charge is -2.04. The first-order valence-corrected chi connectivity index (χ1v) is 9.48. The van der Waals surface area contributed by atoms with Crippen molar-refractivity contribution < 1.29 is 9.53 Å². The van der Waals surface area contributed by atoms with E-state index in [9.17, 15) is 4.79 Å². The molecule has 0 aliphatic heterocycles. The van der Waals surface area contributed by atoms with Crippen LogP contribution in [0.4, 0.5) is 5.69 Å². The number of nitrogen functional groups attached to an aromatic ring is 1. The number of amides is 1. The molecule has 140 valence electrons. The smallest absolute Gasteiger partial charge is 0.263 e. The van der Waals surface area contributed by atoms with Gasteiger partial charge in [0.15, 0.2) is 0 Å². The van der Waals surface area contributed by atoms with Crippen molar-refractivity contribution in [3.05, 3.63) is 71.4 Å². The standard InChI is InChI=1S/C21H18N4O2S/c1-27-15-6-4-14(5-7-15)17-9-8-16-18(22)19(28-21(16)25-17)20(26)24-12-13-3-2-10-23-11-13/h2-11H,12,22H2,1H3,(H,24,26). The highest BCUT2D eigenvalue weighted by Gasteiger charge is 2.17. The summed E-state index contributed by atoms with van der Waals surface area (Å²) in [6, 6.07) is 15.2. The maximum Gasteiger partial charge on any atom is 0.263 e. The molecule has 28 heavy (non-hydrogen) atoms. The summed E-state index contributed by atoms with van der Waals surface area (Å²) in [5.74, 6) is 0.577. The molecule has 1 amide bonds. The van der Waals surface area contributed by atoms with Gasteiger partial charge in [0.2, 0.25) is 0 Å². The number of carbonyl (C=O) groups is 1. The number of nitrogens with one attached hydrogen (secondary N) is 1. The van der Waals surface area contributed by atoms with Gasteiger partial charge in [-0.2, -0.15) is 0 Å². The van der Waals surface area contributed by atoms with E-state index in [4.69, 9.17) is 15.5 Å². The fraction of sp³-hybridized carbons (Fsp3) is 0.0952. The number of thiophene rings is 1. The Bertz CT molecular complexity index is 1120. The first-order chi connectivity index (χ1) is 13.7. The molecule has 0 bridgehead atoms. The van der Waals surface area contributed by atoms with E-state index in [1.807, 2.05) is 48.5 Å². The van der Waals surface area contributed by atoms with Gasteiger partial charge in [-0.25, -0.2) is 4.98 Å². The predicted octanol–water partition coefficient (Wildman–Crippen LogP) is 3.88. The topological polar surface area (TPSA) is 90.1 Å². The van der Waals surface area contributed by atoms with E-state index >= 15 is 0 Å². The second kappa shape index (κ2) is 7.66. The minimum atomic E-state index is -0.213. The van der Waals surface area contributed by atoms with Crippen LogP contribution in [0.15, 0.2) is 60.9 Å². The van der Waals surface area contributed by atoms with Crippen LogP contribution < -0.4 is 15.8 Å². The highest BCUT2D eigenvalue weighted by Crippen LogP contribution is 2.34. The number of ether oxygens (including phenoxy) is 1. The van der Waals surface area contributed by atoms with E-state index in [1.165, 1.54) is 11.3 Å². The average Bonchev–Trinajstić information content (AvgIpc) is 3.09. The van der Waals surface area contributed by atoms with Crippen LogP contribution in [0, 0.1) is 0 Å². The van der Waals surface area contributed by atoms with Crippen molar-refractivity contribution in [2.24, 2.45) is 0 Å². The molecule has 0 aliphatic rings. The molecule has 0 atom stereocenters. The molecule has 4 aromatic rings. The Labute approximate surface area is 166 Å². The zero-order chi connectivity index (χ0) is 19.5. The van der Waals surface area contributed by atoms with E-state index in [2.05, 4.69) is 10.3 Å². The monoisotopic (exact) mass is 390 g/mol. The normalized spacial score (nSPS) is 10.8. The maximum atomic E-state index is 12.6. The molecule has 0 saturated heterocycles. The number of hydrogen-bond acceptors (Lipinski definition) is 6. The van der Waals surface area contributed by atoms with Crippen LogP contribution in [0.5, 0.6) is 5.75 Å². The number of nitrogens with zero attached hydrogens (tertiary/aromatic N) is 2. The van der Waals surface area contributed by atoms with Crippen LogP contribution in [-0.2, 0) is 6.54 Å². The van der Waals surface area contributed by atoms with Gasteiger partial charge in [0.1, 0.15) is 15.5 Å². The largest absolute Gasteiger partial charge is 0.497 e. The van der Waals surface area contributed by atoms with Crippen molar-refractivity contribution in [2.45, 2.75) is 6.54 Å². The van der Waals surface area contributed by atoms with Crippen LogP contribution in [-0.4, -0.2) is 23.0 Å². The van der Waals surface area contributed by atoms with Crippen LogP contribution in [0.25, 0.3) is 21.5 Å². The van der Waals surface area contributed by atoms with Gasteiger partial charge >= 0.3 is 0 Å². The lowest BCUT2D eigenvalue weighted by molar-refractivity contribution is 0.0956. The van der Waals surface area contributed by atoms with Gasteiger partial charge in [-0.15, -0.1) is 11.3 Å². The number of aromatic nitrogens is 2. The number of pyridine rings is 2. The summed E-state index contributed by atoms with van der Waals surface area (Å²) in [4.78, 5) is 22.5. The first kappa shape index (κ1) is 17.9. The van der Waals surface area contributed by atoms with E-state index < -0.39 is 0 Å². The second-order valence-electron chi connectivity index (χ2n) is 6.17. The minimum absolute atomic E-state index is 0.213. The van der Waals surface area contributed by atoms with Crippen molar-refractivity contribution >= 4 is 33.1 Å². The number of rotatable bonds is 5.